The van der Waals surface area contributed by atoms with Crippen molar-refractivity contribution in [3.05, 3.63) is 59.4 Å². The number of aromatic nitrogens is 1. The van der Waals surface area contributed by atoms with E-state index in [-0.39, 0.29) is 5.91 Å². The summed E-state index contributed by atoms with van der Waals surface area (Å²) in [5, 5.41) is 0. The van der Waals surface area contributed by atoms with E-state index in [1.165, 1.54) is 12.0 Å². The molecule has 1 saturated heterocycles. The van der Waals surface area contributed by atoms with E-state index in [0.717, 1.165) is 43.8 Å². The number of rotatable bonds is 5. The molecule has 1 aliphatic rings. The van der Waals surface area contributed by atoms with Crippen LogP contribution < -0.4 is 4.74 Å². The van der Waals surface area contributed by atoms with Crippen LogP contribution in [0.1, 0.15) is 40.9 Å². The number of carbonyl (C=O) groups is 1. The average Bonchev–Trinajstić information content (AvgIpc) is 2.67. The van der Waals surface area contributed by atoms with Crippen LogP contribution in [0.25, 0.3) is 0 Å². The molecule has 0 aliphatic carbocycles. The lowest BCUT2D eigenvalue weighted by molar-refractivity contribution is 0.0668. The smallest absolute Gasteiger partial charge is 0.255 e. The predicted molar refractivity (Wildman–Crippen MR) is 98.9 cm³/mol. The fourth-order valence-corrected chi connectivity index (χ4v) is 3.43. The molecule has 1 aliphatic heterocycles. The third-order valence-electron chi connectivity index (χ3n) is 4.96. The van der Waals surface area contributed by atoms with E-state index in [0.29, 0.717) is 11.5 Å². The van der Waals surface area contributed by atoms with E-state index in [2.05, 4.69) is 17.1 Å². The lowest BCUT2D eigenvalue weighted by atomic mass is 9.91. The van der Waals surface area contributed by atoms with Crippen molar-refractivity contribution < 1.29 is 9.53 Å². The number of amides is 1. The fourth-order valence-electron chi connectivity index (χ4n) is 3.43. The van der Waals surface area contributed by atoms with Gasteiger partial charge < -0.3 is 9.64 Å². The monoisotopic (exact) mass is 338 g/mol. The van der Waals surface area contributed by atoms with Crippen LogP contribution in [0.2, 0.25) is 0 Å². The van der Waals surface area contributed by atoms with E-state index in [4.69, 9.17) is 4.74 Å². The van der Waals surface area contributed by atoms with E-state index in [1.54, 1.807) is 13.3 Å². The van der Waals surface area contributed by atoms with Crippen molar-refractivity contribution in [3.63, 3.8) is 0 Å². The summed E-state index contributed by atoms with van der Waals surface area (Å²) >= 11 is 0. The largest absolute Gasteiger partial charge is 0.497 e. The van der Waals surface area contributed by atoms with Crippen LogP contribution in [-0.4, -0.2) is 36.0 Å². The van der Waals surface area contributed by atoms with Crippen molar-refractivity contribution in [3.8, 4) is 5.75 Å². The second-order valence-corrected chi connectivity index (χ2v) is 6.83. The quantitative estimate of drug-likeness (QED) is 0.831. The molecule has 1 aromatic heterocycles. The number of carbonyl (C=O) groups excluding carboxylic acids is 1. The highest BCUT2D eigenvalue weighted by atomic mass is 16.5. The molecule has 0 bridgehead atoms. The van der Waals surface area contributed by atoms with Gasteiger partial charge in [-0.3, -0.25) is 9.78 Å². The Bertz CT molecular complexity index is 695. The first kappa shape index (κ1) is 17.5. The second kappa shape index (κ2) is 8.15. The first-order valence-corrected chi connectivity index (χ1v) is 9.00. The number of aryl methyl sites for hydroxylation is 2. The second-order valence-electron chi connectivity index (χ2n) is 6.83. The standard InChI is InChI=1S/C21H26N2O2/c1-16-5-10-19(14-22-16)21(24)23-13-3-4-18(15-23)7-6-17-8-11-20(25-2)12-9-17/h5,8-12,14,18H,3-4,6-7,13,15H2,1-2H3. The molecule has 2 aromatic rings. The Labute approximate surface area is 149 Å². The van der Waals surface area contributed by atoms with Gasteiger partial charge in [-0.1, -0.05) is 12.1 Å². The molecule has 1 aromatic carbocycles. The maximum absolute atomic E-state index is 12.7. The van der Waals surface area contributed by atoms with Crippen LogP contribution in [0.3, 0.4) is 0 Å². The van der Waals surface area contributed by atoms with Gasteiger partial charge in [0.2, 0.25) is 0 Å². The Morgan fingerprint density at radius 3 is 2.72 bits per heavy atom. The molecule has 25 heavy (non-hydrogen) atoms. The molecule has 2 heterocycles. The summed E-state index contributed by atoms with van der Waals surface area (Å²) in [5.74, 6) is 1.57. The molecule has 3 rings (SSSR count). The summed E-state index contributed by atoms with van der Waals surface area (Å²) in [6.07, 6.45) is 6.13. The molecule has 4 nitrogen and oxygen atoms in total. The van der Waals surface area contributed by atoms with Crippen molar-refractivity contribution in [2.24, 2.45) is 5.92 Å². The first-order chi connectivity index (χ1) is 12.2. The first-order valence-electron chi connectivity index (χ1n) is 9.00. The van der Waals surface area contributed by atoms with Crippen molar-refractivity contribution in [1.82, 2.24) is 9.88 Å². The predicted octanol–water partition coefficient (Wildman–Crippen LogP) is 3.88. The third kappa shape index (κ3) is 4.59. The number of nitrogens with zero attached hydrogens (tertiary/aromatic N) is 2. The van der Waals surface area contributed by atoms with Crippen LogP contribution in [0.5, 0.6) is 5.75 Å². The zero-order valence-corrected chi connectivity index (χ0v) is 15.1. The molecule has 0 radical (unpaired) electrons. The number of pyridine rings is 1. The normalized spacial score (nSPS) is 17.4. The summed E-state index contributed by atoms with van der Waals surface area (Å²) in [6, 6.07) is 12.1. The van der Waals surface area contributed by atoms with Crippen molar-refractivity contribution >= 4 is 5.91 Å². The molecule has 0 N–H and O–H groups in total. The zero-order valence-electron chi connectivity index (χ0n) is 15.1. The maximum atomic E-state index is 12.7. The number of likely N-dealkylation sites (tertiary alicyclic amines) is 1. The van der Waals surface area contributed by atoms with E-state index >= 15 is 0 Å². The molecule has 1 atom stereocenters. The van der Waals surface area contributed by atoms with E-state index < -0.39 is 0 Å². The van der Waals surface area contributed by atoms with Crippen molar-refractivity contribution in [2.75, 3.05) is 20.2 Å². The Kier molecular flexibility index (Phi) is 5.69. The number of hydrogen-bond donors (Lipinski definition) is 0. The molecule has 0 saturated carbocycles. The minimum absolute atomic E-state index is 0.113. The van der Waals surface area contributed by atoms with Gasteiger partial charge in [0.1, 0.15) is 5.75 Å². The van der Waals surface area contributed by atoms with Crippen molar-refractivity contribution in [2.45, 2.75) is 32.6 Å². The molecule has 132 valence electrons. The van der Waals surface area contributed by atoms with Gasteiger partial charge in [0, 0.05) is 25.0 Å². The Hall–Kier alpha value is -2.36. The fraction of sp³-hybridized carbons (Fsp3) is 0.429. The van der Waals surface area contributed by atoms with Crippen molar-refractivity contribution in [1.29, 1.82) is 0 Å². The van der Waals surface area contributed by atoms with Gasteiger partial charge in [0.15, 0.2) is 0 Å². The lowest BCUT2D eigenvalue weighted by Gasteiger charge is -2.33. The van der Waals surface area contributed by atoms with E-state index in [1.807, 2.05) is 36.1 Å². The highest BCUT2D eigenvalue weighted by Crippen LogP contribution is 2.23. The van der Waals surface area contributed by atoms with Crippen LogP contribution >= 0.6 is 0 Å². The number of methoxy groups -OCH3 is 1. The highest BCUT2D eigenvalue weighted by molar-refractivity contribution is 5.94. The summed E-state index contributed by atoms with van der Waals surface area (Å²) in [7, 11) is 1.69. The topological polar surface area (TPSA) is 42.4 Å². The number of benzene rings is 1. The van der Waals surface area contributed by atoms with Crippen LogP contribution in [-0.2, 0) is 6.42 Å². The molecule has 0 spiro atoms. The van der Waals surface area contributed by atoms with Gasteiger partial charge in [-0.25, -0.2) is 0 Å². The molecular formula is C21H26N2O2. The summed E-state index contributed by atoms with van der Waals surface area (Å²) < 4.78 is 5.20. The lowest BCUT2D eigenvalue weighted by Crippen LogP contribution is -2.40. The zero-order chi connectivity index (χ0) is 17.6. The molecular weight excluding hydrogens is 312 g/mol. The van der Waals surface area contributed by atoms with Gasteiger partial charge >= 0.3 is 0 Å². The molecule has 1 unspecified atom stereocenters. The maximum Gasteiger partial charge on any atom is 0.255 e. The Morgan fingerprint density at radius 2 is 2.04 bits per heavy atom. The number of ether oxygens (including phenoxy) is 1. The Balaban J connectivity index is 1.55. The average molecular weight is 338 g/mol. The minimum Gasteiger partial charge on any atom is -0.497 e. The Morgan fingerprint density at radius 1 is 1.24 bits per heavy atom. The van der Waals surface area contributed by atoms with Crippen LogP contribution in [0.4, 0.5) is 0 Å². The van der Waals surface area contributed by atoms with Crippen LogP contribution in [0, 0.1) is 12.8 Å². The summed E-state index contributed by atoms with van der Waals surface area (Å²) in [6.45, 7) is 3.64. The van der Waals surface area contributed by atoms with Gasteiger partial charge in [0.05, 0.1) is 12.7 Å². The van der Waals surface area contributed by atoms with Gasteiger partial charge in [-0.05, 0) is 68.4 Å². The summed E-state index contributed by atoms with van der Waals surface area (Å²) in [4.78, 5) is 18.9. The van der Waals surface area contributed by atoms with Crippen LogP contribution in [0.15, 0.2) is 42.6 Å². The van der Waals surface area contributed by atoms with E-state index in [9.17, 15) is 4.79 Å². The highest BCUT2D eigenvalue weighted by Gasteiger charge is 2.24. The molecule has 1 fully saturated rings. The van der Waals surface area contributed by atoms with Gasteiger partial charge in [-0.15, -0.1) is 0 Å². The molecule has 4 heteroatoms. The summed E-state index contributed by atoms with van der Waals surface area (Å²) in [5.41, 5.74) is 2.96. The number of hydrogen-bond acceptors (Lipinski definition) is 3. The molecule has 1 amide bonds. The van der Waals surface area contributed by atoms with Gasteiger partial charge in [-0.2, -0.15) is 0 Å². The SMILES string of the molecule is COc1ccc(CCC2CCCN(C(=O)c3ccc(C)nc3)C2)cc1. The number of piperidine rings is 1. The third-order valence-corrected chi connectivity index (χ3v) is 4.96. The van der Waals surface area contributed by atoms with Gasteiger partial charge in [0.25, 0.3) is 5.91 Å². The minimum atomic E-state index is 0.113.